The van der Waals surface area contributed by atoms with E-state index in [2.05, 4.69) is 39.9 Å². The fourth-order valence-corrected chi connectivity index (χ4v) is 3.65. The highest BCUT2D eigenvalue weighted by Gasteiger charge is 2.34. The smallest absolute Gasteiger partial charge is 0.362 e. The van der Waals surface area contributed by atoms with Crippen LogP contribution in [0, 0.1) is 27.7 Å². The molecule has 0 atom stereocenters. The molecule has 0 aliphatic heterocycles. The molecule has 3 aromatic rings. The average molecular weight is 465 g/mol. The Hall–Kier alpha value is -2.88. The van der Waals surface area contributed by atoms with E-state index >= 15 is 0 Å². The summed E-state index contributed by atoms with van der Waals surface area (Å²) in [7, 11) is 0. The normalized spacial score (nSPS) is 11.6. The summed E-state index contributed by atoms with van der Waals surface area (Å²) in [6, 6.07) is 9.25. The second-order valence-electron chi connectivity index (χ2n) is 7.76. The molecule has 2 N–H and O–H groups in total. The first-order chi connectivity index (χ1) is 15.1. The van der Waals surface area contributed by atoms with Crippen molar-refractivity contribution in [2.45, 2.75) is 53.4 Å². The Morgan fingerprint density at radius 2 is 1.78 bits per heavy atom. The second-order valence-corrected chi connectivity index (χ2v) is 8.16. The van der Waals surface area contributed by atoms with Crippen molar-refractivity contribution >= 4 is 23.0 Å². The summed E-state index contributed by atoms with van der Waals surface area (Å²) in [5.41, 5.74) is 4.69. The van der Waals surface area contributed by atoms with E-state index in [1.807, 2.05) is 30.7 Å². The predicted molar refractivity (Wildman–Crippen MR) is 123 cm³/mol. The second kappa shape index (κ2) is 9.72. The molecule has 0 radical (unpaired) electrons. The molecule has 172 valence electrons. The number of benzene rings is 1. The molecule has 3 rings (SSSR count). The molecule has 0 aliphatic rings. The fraction of sp³-hybridized carbons (Fsp3) is 0.409. The zero-order valence-corrected chi connectivity index (χ0v) is 19.4. The van der Waals surface area contributed by atoms with Crippen molar-refractivity contribution < 1.29 is 13.2 Å². The van der Waals surface area contributed by atoms with Gasteiger partial charge in [0, 0.05) is 18.8 Å². The van der Waals surface area contributed by atoms with E-state index < -0.39 is 11.9 Å². The number of hydrogen-bond donors (Lipinski definition) is 2. The lowest BCUT2D eigenvalue weighted by Gasteiger charge is -2.12. The van der Waals surface area contributed by atoms with Crippen LogP contribution in [0.4, 0.5) is 18.9 Å². The Labute approximate surface area is 190 Å². The number of rotatable bonds is 7. The Balaban J connectivity index is 1.53. The monoisotopic (exact) mass is 464 g/mol. The van der Waals surface area contributed by atoms with Crippen LogP contribution in [0.2, 0.25) is 0 Å². The molecule has 0 bridgehead atoms. The summed E-state index contributed by atoms with van der Waals surface area (Å²) in [4.78, 5) is 0. The van der Waals surface area contributed by atoms with Crippen LogP contribution < -0.4 is 10.6 Å². The van der Waals surface area contributed by atoms with Gasteiger partial charge in [0.2, 0.25) is 0 Å². The highest BCUT2D eigenvalue weighted by atomic mass is 32.1. The number of anilines is 1. The maximum absolute atomic E-state index is 12.8. The highest BCUT2D eigenvalue weighted by molar-refractivity contribution is 7.80. The molecule has 0 saturated carbocycles. The highest BCUT2D eigenvalue weighted by Crippen LogP contribution is 2.28. The van der Waals surface area contributed by atoms with Gasteiger partial charge in [0.1, 0.15) is 0 Å². The molecule has 0 unspecified atom stereocenters. The average Bonchev–Trinajstić information content (AvgIpc) is 3.22. The minimum absolute atomic E-state index is 0.365. The van der Waals surface area contributed by atoms with E-state index in [-0.39, 0.29) is 0 Å². The van der Waals surface area contributed by atoms with E-state index in [0.29, 0.717) is 36.9 Å². The van der Waals surface area contributed by atoms with Gasteiger partial charge in [0.25, 0.3) is 0 Å². The summed E-state index contributed by atoms with van der Waals surface area (Å²) in [5, 5.41) is 15.0. The van der Waals surface area contributed by atoms with Crippen molar-refractivity contribution in [3.05, 3.63) is 64.2 Å². The van der Waals surface area contributed by atoms with E-state index in [1.54, 1.807) is 6.92 Å². The first-order valence-corrected chi connectivity index (χ1v) is 10.7. The molecule has 0 fully saturated rings. The van der Waals surface area contributed by atoms with Crippen LogP contribution in [0.25, 0.3) is 0 Å². The largest absolute Gasteiger partial charge is 0.435 e. The number of thiocarbonyl (C=S) groups is 1. The van der Waals surface area contributed by atoms with E-state index in [0.717, 1.165) is 23.1 Å². The van der Waals surface area contributed by atoms with Gasteiger partial charge in [-0.25, -0.2) is 0 Å². The molecular formula is C22H27F3N6S. The van der Waals surface area contributed by atoms with Crippen molar-refractivity contribution in [1.29, 1.82) is 0 Å². The molecule has 0 saturated heterocycles. The molecule has 0 spiro atoms. The number of nitrogens with zero attached hydrogens (tertiary/aromatic N) is 4. The molecule has 0 aliphatic carbocycles. The zero-order chi connectivity index (χ0) is 23.5. The minimum atomic E-state index is -4.43. The number of hydrogen-bond acceptors (Lipinski definition) is 3. The third kappa shape index (κ3) is 5.67. The van der Waals surface area contributed by atoms with Crippen molar-refractivity contribution in [2.75, 3.05) is 11.9 Å². The van der Waals surface area contributed by atoms with Gasteiger partial charge in [0.15, 0.2) is 10.8 Å². The molecule has 2 aromatic heterocycles. The summed E-state index contributed by atoms with van der Waals surface area (Å²) in [6.07, 6.45) is -3.86. The lowest BCUT2D eigenvalue weighted by atomic mass is 10.1. The maximum Gasteiger partial charge on any atom is 0.435 e. The van der Waals surface area contributed by atoms with Crippen LogP contribution in [0.3, 0.4) is 0 Å². The van der Waals surface area contributed by atoms with Gasteiger partial charge in [0.05, 0.1) is 23.6 Å². The van der Waals surface area contributed by atoms with Gasteiger partial charge in [-0.15, -0.1) is 0 Å². The zero-order valence-electron chi connectivity index (χ0n) is 18.5. The number of nitrogens with one attached hydrogen (secondary N) is 2. The van der Waals surface area contributed by atoms with Crippen LogP contribution in [0.15, 0.2) is 30.3 Å². The topological polar surface area (TPSA) is 59.7 Å². The summed E-state index contributed by atoms with van der Waals surface area (Å²) in [5.74, 6) is 0. The lowest BCUT2D eigenvalue weighted by Crippen LogP contribution is -2.30. The Bertz CT molecular complexity index is 1100. The van der Waals surface area contributed by atoms with E-state index in [1.165, 1.54) is 15.8 Å². The van der Waals surface area contributed by atoms with Gasteiger partial charge in [-0.1, -0.05) is 24.3 Å². The Kier molecular flexibility index (Phi) is 7.22. The molecule has 10 heteroatoms. The third-order valence-electron chi connectivity index (χ3n) is 5.31. The van der Waals surface area contributed by atoms with Gasteiger partial charge < -0.3 is 10.6 Å². The molecule has 1 aromatic carbocycles. The SMILES string of the molecule is Cc1ccccc1Cn1nc(C)c(NC(=S)NCCCn2nc(C(F)(F)F)cc2C)c1C. The number of aromatic nitrogens is 4. The quantitative estimate of drug-likeness (QED) is 0.390. The number of aryl methyl sites for hydroxylation is 4. The first-order valence-electron chi connectivity index (χ1n) is 10.3. The minimum Gasteiger partial charge on any atom is -0.362 e. The molecule has 6 nitrogen and oxygen atoms in total. The van der Waals surface area contributed by atoms with Crippen molar-refractivity contribution in [2.24, 2.45) is 0 Å². The predicted octanol–water partition coefficient (Wildman–Crippen LogP) is 4.76. The van der Waals surface area contributed by atoms with Crippen molar-refractivity contribution in [3.63, 3.8) is 0 Å². The molecule has 0 amide bonds. The third-order valence-corrected chi connectivity index (χ3v) is 5.55. The summed E-state index contributed by atoms with van der Waals surface area (Å²) >= 11 is 5.39. The van der Waals surface area contributed by atoms with Crippen LogP contribution in [0.5, 0.6) is 0 Å². The van der Waals surface area contributed by atoms with E-state index in [9.17, 15) is 13.2 Å². The summed E-state index contributed by atoms with van der Waals surface area (Å²) in [6.45, 7) is 9.14. The van der Waals surface area contributed by atoms with Crippen molar-refractivity contribution in [1.82, 2.24) is 24.9 Å². The van der Waals surface area contributed by atoms with Crippen LogP contribution in [-0.2, 0) is 19.3 Å². The Morgan fingerprint density at radius 3 is 2.44 bits per heavy atom. The Morgan fingerprint density at radius 1 is 1.06 bits per heavy atom. The van der Waals surface area contributed by atoms with Crippen LogP contribution >= 0.6 is 12.2 Å². The molecule has 32 heavy (non-hydrogen) atoms. The molecule has 2 heterocycles. The van der Waals surface area contributed by atoms with Gasteiger partial charge in [-0.2, -0.15) is 23.4 Å². The van der Waals surface area contributed by atoms with Gasteiger partial charge in [-0.05, 0) is 63.5 Å². The molecular weight excluding hydrogens is 437 g/mol. The standard InChI is InChI=1S/C22H27F3N6S/c1-14-8-5-6-9-18(14)13-31-17(4)20(16(3)28-31)27-21(32)26-10-7-11-30-15(2)12-19(29-30)22(23,24)25/h5-6,8-9,12H,7,10-11,13H2,1-4H3,(H2,26,27,32). The number of halogens is 3. The van der Waals surface area contributed by atoms with E-state index in [4.69, 9.17) is 12.2 Å². The maximum atomic E-state index is 12.8. The first kappa shape index (κ1) is 23.8. The van der Waals surface area contributed by atoms with Gasteiger partial charge >= 0.3 is 6.18 Å². The number of alkyl halides is 3. The van der Waals surface area contributed by atoms with Gasteiger partial charge in [-0.3, -0.25) is 9.36 Å². The van der Waals surface area contributed by atoms with Crippen molar-refractivity contribution in [3.8, 4) is 0 Å². The lowest BCUT2D eigenvalue weighted by molar-refractivity contribution is -0.141. The van der Waals surface area contributed by atoms with Crippen LogP contribution in [-0.4, -0.2) is 31.2 Å². The fourth-order valence-electron chi connectivity index (χ4n) is 3.44. The van der Waals surface area contributed by atoms with Crippen LogP contribution in [0.1, 0.15) is 40.3 Å². The summed E-state index contributed by atoms with van der Waals surface area (Å²) < 4.78 is 41.6.